The quantitative estimate of drug-likeness (QED) is 0.354. The van der Waals surface area contributed by atoms with Crippen molar-refractivity contribution in [1.82, 2.24) is 9.88 Å². The number of fused-ring (bicyclic) bond motifs is 3. The molecule has 0 bridgehead atoms. The van der Waals surface area contributed by atoms with Crippen LogP contribution in [0.5, 0.6) is 0 Å². The van der Waals surface area contributed by atoms with E-state index in [9.17, 15) is 14.4 Å². The van der Waals surface area contributed by atoms with Crippen LogP contribution in [0, 0.1) is 0 Å². The topological polar surface area (TPSA) is 97.8 Å². The highest BCUT2D eigenvalue weighted by atomic mass is 32.1. The zero-order chi connectivity index (χ0) is 26.8. The fourth-order valence-corrected chi connectivity index (χ4v) is 6.69. The van der Waals surface area contributed by atoms with Crippen molar-refractivity contribution in [2.24, 2.45) is 0 Å². The van der Waals surface area contributed by atoms with Crippen LogP contribution < -0.4 is 5.32 Å². The van der Waals surface area contributed by atoms with Crippen LogP contribution in [0.2, 0.25) is 0 Å². The second-order valence-electron chi connectivity index (χ2n) is 9.97. The summed E-state index contributed by atoms with van der Waals surface area (Å²) in [5, 5.41) is 4.09. The van der Waals surface area contributed by atoms with Gasteiger partial charge in [-0.25, -0.2) is 9.59 Å². The van der Waals surface area contributed by atoms with Gasteiger partial charge >= 0.3 is 11.9 Å². The molecule has 200 valence electrons. The van der Waals surface area contributed by atoms with E-state index in [1.54, 1.807) is 6.92 Å². The van der Waals surface area contributed by atoms with E-state index in [2.05, 4.69) is 10.2 Å². The number of aryl methyl sites for hydroxylation is 1. The number of amides is 1. The number of hydrogen-bond donors (Lipinski definition) is 1. The van der Waals surface area contributed by atoms with Crippen LogP contribution in [-0.4, -0.2) is 54.5 Å². The zero-order valence-corrected chi connectivity index (χ0v) is 22.9. The lowest BCUT2D eigenvalue weighted by Gasteiger charge is -2.27. The molecule has 38 heavy (non-hydrogen) atoms. The number of carbonyl (C=O) groups is 3. The number of likely N-dealkylation sites (N-methyl/N-ethyl adjacent to an activating group) is 1. The van der Waals surface area contributed by atoms with E-state index in [0.717, 1.165) is 77.7 Å². The predicted octanol–water partition coefficient (Wildman–Crippen LogP) is 4.91. The van der Waals surface area contributed by atoms with E-state index in [4.69, 9.17) is 14.5 Å². The molecule has 0 radical (unpaired) electrons. The lowest BCUT2D eigenvalue weighted by molar-refractivity contribution is -0.124. The molecule has 8 nitrogen and oxygen atoms in total. The molecule has 1 amide bonds. The highest BCUT2D eigenvalue weighted by Gasteiger charge is 2.31. The molecule has 0 saturated carbocycles. The highest BCUT2D eigenvalue weighted by molar-refractivity contribution is 7.17. The van der Waals surface area contributed by atoms with Crippen molar-refractivity contribution in [1.29, 1.82) is 0 Å². The third kappa shape index (κ3) is 5.05. The first-order valence-corrected chi connectivity index (χ1v) is 14.1. The van der Waals surface area contributed by atoms with Crippen molar-refractivity contribution in [3.63, 3.8) is 0 Å². The Hall–Kier alpha value is -3.30. The molecular formula is C29H33N3O5S. The van der Waals surface area contributed by atoms with Crippen molar-refractivity contribution in [3.05, 3.63) is 57.1 Å². The Morgan fingerprint density at radius 2 is 1.84 bits per heavy atom. The van der Waals surface area contributed by atoms with Crippen LogP contribution >= 0.6 is 11.3 Å². The van der Waals surface area contributed by atoms with Crippen LogP contribution in [0.15, 0.2) is 24.3 Å². The standard InChI is InChI=1S/C29H33N3O5S/c1-4-22(26(33)31-27-25(28(34)36-3)18-11-6-5-7-13-23(18)38-27)37-29(35)24-17-10-8-9-12-20(17)30-21-14-15-32(2)16-19(21)24/h8-10,12,22H,4-7,11,13-16H2,1-3H3,(H,31,33). The highest BCUT2D eigenvalue weighted by Crippen LogP contribution is 2.38. The summed E-state index contributed by atoms with van der Waals surface area (Å²) in [4.78, 5) is 47.8. The molecule has 0 fully saturated rings. The van der Waals surface area contributed by atoms with Crippen LogP contribution in [-0.2, 0) is 40.1 Å². The van der Waals surface area contributed by atoms with E-state index < -0.39 is 23.9 Å². The Kier molecular flexibility index (Phi) is 7.76. The molecule has 5 rings (SSSR count). The summed E-state index contributed by atoms with van der Waals surface area (Å²) in [6.07, 6.45) is 4.84. The van der Waals surface area contributed by atoms with Crippen molar-refractivity contribution >= 4 is 45.1 Å². The molecule has 1 aliphatic heterocycles. The normalized spacial score (nSPS) is 16.2. The molecule has 0 saturated heterocycles. The number of thiophene rings is 1. The fourth-order valence-electron chi connectivity index (χ4n) is 5.41. The van der Waals surface area contributed by atoms with Gasteiger partial charge in [0.2, 0.25) is 0 Å². The summed E-state index contributed by atoms with van der Waals surface area (Å²) < 4.78 is 10.9. The first kappa shape index (κ1) is 26.3. The maximum Gasteiger partial charge on any atom is 0.341 e. The van der Waals surface area contributed by atoms with Gasteiger partial charge in [0.25, 0.3) is 5.91 Å². The molecule has 1 aliphatic carbocycles. The number of esters is 2. The Morgan fingerprint density at radius 1 is 1.05 bits per heavy atom. The second-order valence-corrected chi connectivity index (χ2v) is 11.1. The predicted molar refractivity (Wildman–Crippen MR) is 147 cm³/mol. The fraction of sp³-hybridized carbons (Fsp3) is 0.448. The first-order chi connectivity index (χ1) is 18.4. The van der Waals surface area contributed by atoms with Crippen LogP contribution in [0.3, 0.4) is 0 Å². The smallest absolute Gasteiger partial charge is 0.341 e. The third-order valence-corrected chi connectivity index (χ3v) is 8.61. The Labute approximate surface area is 226 Å². The average Bonchev–Trinajstić information content (AvgIpc) is 3.09. The van der Waals surface area contributed by atoms with Gasteiger partial charge in [-0.2, -0.15) is 0 Å². The number of aromatic nitrogens is 1. The third-order valence-electron chi connectivity index (χ3n) is 7.40. The van der Waals surface area contributed by atoms with Gasteiger partial charge in [0, 0.05) is 41.0 Å². The molecule has 3 aromatic rings. The molecule has 3 heterocycles. The minimum Gasteiger partial charge on any atom is -0.465 e. The largest absolute Gasteiger partial charge is 0.465 e. The zero-order valence-electron chi connectivity index (χ0n) is 22.1. The molecule has 2 aliphatic rings. The van der Waals surface area contributed by atoms with Crippen molar-refractivity contribution in [2.45, 2.75) is 64.5 Å². The van der Waals surface area contributed by atoms with E-state index in [-0.39, 0.29) is 0 Å². The number of hydrogen-bond acceptors (Lipinski definition) is 8. The average molecular weight is 536 g/mol. The summed E-state index contributed by atoms with van der Waals surface area (Å²) in [5.41, 5.74) is 4.37. The van der Waals surface area contributed by atoms with Gasteiger partial charge in [0.15, 0.2) is 6.10 Å². The number of rotatable bonds is 6. The van der Waals surface area contributed by atoms with Gasteiger partial charge in [-0.05, 0) is 50.8 Å². The van der Waals surface area contributed by atoms with Gasteiger partial charge in [-0.1, -0.05) is 31.5 Å². The Balaban J connectivity index is 1.43. The van der Waals surface area contributed by atoms with Gasteiger partial charge in [-0.15, -0.1) is 11.3 Å². The summed E-state index contributed by atoms with van der Waals surface area (Å²) >= 11 is 1.42. The van der Waals surface area contributed by atoms with E-state index in [0.29, 0.717) is 29.1 Å². The maximum atomic E-state index is 13.7. The van der Waals surface area contributed by atoms with Crippen molar-refractivity contribution in [2.75, 3.05) is 26.0 Å². The monoisotopic (exact) mass is 535 g/mol. The first-order valence-electron chi connectivity index (χ1n) is 13.2. The lowest BCUT2D eigenvalue weighted by Crippen LogP contribution is -2.34. The molecule has 1 atom stereocenters. The Bertz CT molecular complexity index is 1400. The summed E-state index contributed by atoms with van der Waals surface area (Å²) in [6, 6.07) is 7.54. The number of nitrogens with one attached hydrogen (secondary N) is 1. The van der Waals surface area contributed by atoms with E-state index in [1.165, 1.54) is 18.4 Å². The van der Waals surface area contributed by atoms with E-state index in [1.807, 2.05) is 31.3 Å². The van der Waals surface area contributed by atoms with E-state index >= 15 is 0 Å². The van der Waals surface area contributed by atoms with Gasteiger partial charge in [-0.3, -0.25) is 9.78 Å². The SMILES string of the molecule is CCC(OC(=O)c1c2c(nc3ccccc13)CCN(C)C2)C(=O)Nc1sc2c(c1C(=O)OC)CCCCC2. The molecule has 1 aromatic carbocycles. The number of nitrogens with zero attached hydrogens (tertiary/aromatic N) is 2. The maximum absolute atomic E-state index is 13.7. The lowest BCUT2D eigenvalue weighted by atomic mass is 9.96. The molecule has 1 unspecified atom stereocenters. The van der Waals surface area contributed by atoms with Crippen LogP contribution in [0.4, 0.5) is 5.00 Å². The minimum absolute atomic E-state index is 0.293. The molecule has 1 N–H and O–H groups in total. The summed E-state index contributed by atoms with van der Waals surface area (Å²) in [6.45, 7) is 3.25. The number of para-hydroxylation sites is 1. The van der Waals surface area contributed by atoms with Gasteiger partial charge in [0.1, 0.15) is 5.00 Å². The van der Waals surface area contributed by atoms with Gasteiger partial charge in [0.05, 0.1) is 23.8 Å². The summed E-state index contributed by atoms with van der Waals surface area (Å²) in [5.74, 6) is -1.44. The second kappa shape index (κ2) is 11.2. The molecule has 2 aromatic heterocycles. The van der Waals surface area contributed by atoms with Crippen molar-refractivity contribution in [3.8, 4) is 0 Å². The van der Waals surface area contributed by atoms with Crippen LogP contribution in [0.25, 0.3) is 10.9 Å². The molecular weight excluding hydrogens is 502 g/mol. The molecule has 0 spiro atoms. The number of anilines is 1. The van der Waals surface area contributed by atoms with Crippen LogP contribution in [0.1, 0.15) is 75.0 Å². The van der Waals surface area contributed by atoms with Crippen molar-refractivity contribution < 1.29 is 23.9 Å². The number of benzene rings is 1. The number of pyridine rings is 1. The number of methoxy groups -OCH3 is 1. The number of carbonyl (C=O) groups excluding carboxylic acids is 3. The number of ether oxygens (including phenoxy) is 2. The Morgan fingerprint density at radius 3 is 2.63 bits per heavy atom. The molecule has 9 heteroatoms. The minimum atomic E-state index is -1.01. The van der Waals surface area contributed by atoms with Gasteiger partial charge < -0.3 is 19.7 Å². The summed E-state index contributed by atoms with van der Waals surface area (Å²) in [7, 11) is 3.36.